The van der Waals surface area contributed by atoms with Gasteiger partial charge in [0.2, 0.25) is 5.91 Å². The normalized spacial score (nSPS) is 23.6. The van der Waals surface area contributed by atoms with Gasteiger partial charge < -0.3 is 15.3 Å². The van der Waals surface area contributed by atoms with Crippen molar-refractivity contribution in [2.45, 2.75) is 44.8 Å². The maximum atomic E-state index is 12.5. The molecule has 118 valence electrons. The Morgan fingerprint density at radius 1 is 1.35 bits per heavy atom. The fourth-order valence-corrected chi connectivity index (χ4v) is 2.37. The average molecular weight is 296 g/mol. The van der Waals surface area contributed by atoms with Crippen molar-refractivity contribution < 1.29 is 23.1 Å². The summed E-state index contributed by atoms with van der Waals surface area (Å²) in [6.07, 6.45) is -2.29. The molecule has 1 heterocycles. The highest BCUT2D eigenvalue weighted by molar-refractivity contribution is 5.82. The molecular weight excluding hydrogens is 273 g/mol. The van der Waals surface area contributed by atoms with Gasteiger partial charge in [-0.3, -0.25) is 4.79 Å². The number of alkyl halides is 3. The first-order valence-corrected chi connectivity index (χ1v) is 7.09. The zero-order valence-electron chi connectivity index (χ0n) is 11.7. The Balaban J connectivity index is 2.51. The molecule has 1 aliphatic heterocycles. The molecule has 0 bridgehead atoms. The van der Waals surface area contributed by atoms with Crippen molar-refractivity contribution in [2.75, 3.05) is 26.2 Å². The second kappa shape index (κ2) is 7.83. The van der Waals surface area contributed by atoms with Gasteiger partial charge in [0.15, 0.2) is 0 Å². The molecule has 20 heavy (non-hydrogen) atoms. The number of hydrogen-bond acceptors (Lipinski definition) is 3. The minimum absolute atomic E-state index is 0.0202. The van der Waals surface area contributed by atoms with Crippen LogP contribution in [0.25, 0.3) is 0 Å². The fourth-order valence-electron chi connectivity index (χ4n) is 2.37. The van der Waals surface area contributed by atoms with Crippen molar-refractivity contribution in [1.29, 1.82) is 0 Å². The quantitative estimate of drug-likeness (QED) is 0.782. The molecule has 2 unspecified atom stereocenters. The van der Waals surface area contributed by atoms with Crippen molar-refractivity contribution in [3.8, 4) is 0 Å². The number of aliphatic hydroxyl groups is 1. The number of amides is 1. The molecule has 1 rings (SSSR count). The summed E-state index contributed by atoms with van der Waals surface area (Å²) in [5.74, 6) is -1.57. The number of carbonyl (C=O) groups excluding carboxylic acids is 1. The Bertz CT molecular complexity index is 302. The van der Waals surface area contributed by atoms with Gasteiger partial charge in [-0.05, 0) is 19.3 Å². The van der Waals surface area contributed by atoms with Gasteiger partial charge in [0.05, 0.1) is 18.6 Å². The number of aliphatic hydroxyl groups excluding tert-OH is 1. The van der Waals surface area contributed by atoms with E-state index in [0.29, 0.717) is 6.54 Å². The van der Waals surface area contributed by atoms with Gasteiger partial charge in [-0.2, -0.15) is 13.2 Å². The lowest BCUT2D eigenvalue weighted by molar-refractivity contribution is -0.180. The van der Waals surface area contributed by atoms with E-state index in [1.165, 1.54) is 4.90 Å². The topological polar surface area (TPSA) is 52.6 Å². The second-order valence-electron chi connectivity index (χ2n) is 5.18. The van der Waals surface area contributed by atoms with Gasteiger partial charge in [-0.1, -0.05) is 13.3 Å². The van der Waals surface area contributed by atoms with Crippen molar-refractivity contribution >= 4 is 5.91 Å². The van der Waals surface area contributed by atoms with Gasteiger partial charge in [-0.15, -0.1) is 0 Å². The largest absolute Gasteiger partial charge is 0.395 e. The van der Waals surface area contributed by atoms with Crippen LogP contribution in [0.1, 0.15) is 32.6 Å². The highest BCUT2D eigenvalue weighted by Crippen LogP contribution is 2.32. The van der Waals surface area contributed by atoms with Crippen LogP contribution in [-0.2, 0) is 4.79 Å². The molecule has 0 aromatic heterocycles. The van der Waals surface area contributed by atoms with Crippen molar-refractivity contribution in [3.05, 3.63) is 0 Å². The molecular formula is C13H23F3N2O2. The van der Waals surface area contributed by atoms with Gasteiger partial charge in [0.25, 0.3) is 0 Å². The van der Waals surface area contributed by atoms with Crippen LogP contribution in [0, 0.1) is 5.92 Å². The van der Waals surface area contributed by atoms with E-state index in [0.717, 1.165) is 12.8 Å². The fraction of sp³-hybridized carbons (Fsp3) is 0.923. The van der Waals surface area contributed by atoms with Crippen LogP contribution >= 0.6 is 0 Å². The minimum atomic E-state index is -4.20. The molecule has 1 aliphatic rings. The van der Waals surface area contributed by atoms with Crippen molar-refractivity contribution in [2.24, 2.45) is 5.92 Å². The van der Waals surface area contributed by atoms with Crippen molar-refractivity contribution in [1.82, 2.24) is 10.2 Å². The van der Waals surface area contributed by atoms with E-state index in [2.05, 4.69) is 5.32 Å². The zero-order valence-corrected chi connectivity index (χ0v) is 11.7. The Morgan fingerprint density at radius 2 is 2.05 bits per heavy atom. The summed E-state index contributed by atoms with van der Waals surface area (Å²) in [7, 11) is 0. The number of nitrogens with zero attached hydrogens (tertiary/aromatic N) is 1. The molecule has 0 aromatic carbocycles. The highest BCUT2D eigenvalue weighted by atomic mass is 19.4. The number of piperidine rings is 1. The maximum Gasteiger partial charge on any atom is 0.393 e. The third-order valence-corrected chi connectivity index (χ3v) is 3.64. The monoisotopic (exact) mass is 296 g/mol. The van der Waals surface area contributed by atoms with E-state index in [1.54, 1.807) is 0 Å². The summed E-state index contributed by atoms with van der Waals surface area (Å²) >= 11 is 0. The number of nitrogens with one attached hydrogen (secondary N) is 1. The van der Waals surface area contributed by atoms with Crippen molar-refractivity contribution in [3.63, 3.8) is 0 Å². The lowest BCUT2D eigenvalue weighted by Crippen LogP contribution is -2.53. The van der Waals surface area contributed by atoms with E-state index in [9.17, 15) is 18.0 Å². The number of hydrogen-bond donors (Lipinski definition) is 2. The number of unbranched alkanes of at least 4 members (excludes halogenated alkanes) is 1. The molecule has 7 heteroatoms. The first-order chi connectivity index (χ1) is 9.40. The van der Waals surface area contributed by atoms with Gasteiger partial charge in [0, 0.05) is 19.6 Å². The van der Waals surface area contributed by atoms with Crippen LogP contribution in [0.4, 0.5) is 13.2 Å². The van der Waals surface area contributed by atoms with E-state index < -0.39 is 18.1 Å². The molecule has 4 nitrogen and oxygen atoms in total. The summed E-state index contributed by atoms with van der Waals surface area (Å²) < 4.78 is 37.6. The lowest BCUT2D eigenvalue weighted by atomic mass is 9.93. The third-order valence-electron chi connectivity index (χ3n) is 3.64. The molecule has 2 N–H and O–H groups in total. The summed E-state index contributed by atoms with van der Waals surface area (Å²) in [4.78, 5) is 13.8. The number of carbonyl (C=O) groups is 1. The molecule has 0 radical (unpaired) electrons. The SMILES string of the molecule is CCCCN(CCO)C(=O)C1CCC(C(F)(F)F)CN1. The summed E-state index contributed by atoms with van der Waals surface area (Å²) in [6.45, 7) is 2.43. The Hall–Kier alpha value is -0.820. The standard InChI is InChI=1S/C13H23F3N2O2/c1-2-3-6-18(7-8-19)12(20)11-5-4-10(9-17-11)13(14,15)16/h10-11,17,19H,2-9H2,1H3. The second-order valence-corrected chi connectivity index (χ2v) is 5.18. The predicted octanol–water partition coefficient (Wildman–Crippen LogP) is 1.54. The van der Waals surface area contributed by atoms with E-state index in [4.69, 9.17) is 5.11 Å². The van der Waals surface area contributed by atoms with Crippen LogP contribution in [0.3, 0.4) is 0 Å². The maximum absolute atomic E-state index is 12.5. The van der Waals surface area contributed by atoms with Crippen LogP contribution in [0.15, 0.2) is 0 Å². The van der Waals surface area contributed by atoms with Gasteiger partial charge >= 0.3 is 6.18 Å². The summed E-state index contributed by atoms with van der Waals surface area (Å²) in [6, 6.07) is -0.558. The first kappa shape index (κ1) is 17.2. The molecule has 0 aromatic rings. The zero-order chi connectivity index (χ0) is 15.2. The Morgan fingerprint density at radius 3 is 2.50 bits per heavy atom. The van der Waals surface area contributed by atoms with E-state index in [1.807, 2.05) is 6.92 Å². The number of rotatable bonds is 6. The third kappa shape index (κ3) is 4.94. The summed E-state index contributed by atoms with van der Waals surface area (Å²) in [5.41, 5.74) is 0. The molecule has 1 amide bonds. The predicted molar refractivity (Wildman–Crippen MR) is 69.1 cm³/mol. The molecule has 0 saturated carbocycles. The summed E-state index contributed by atoms with van der Waals surface area (Å²) in [5, 5.41) is 11.7. The minimum Gasteiger partial charge on any atom is -0.395 e. The van der Waals surface area contributed by atoms with Gasteiger partial charge in [-0.25, -0.2) is 0 Å². The van der Waals surface area contributed by atoms with Crippen LogP contribution in [0.5, 0.6) is 0 Å². The highest BCUT2D eigenvalue weighted by Gasteiger charge is 2.42. The Labute approximate surface area is 117 Å². The van der Waals surface area contributed by atoms with Crippen LogP contribution < -0.4 is 5.32 Å². The van der Waals surface area contributed by atoms with E-state index >= 15 is 0 Å². The van der Waals surface area contributed by atoms with Crippen LogP contribution in [0.2, 0.25) is 0 Å². The first-order valence-electron chi connectivity index (χ1n) is 7.09. The lowest BCUT2D eigenvalue weighted by Gasteiger charge is -2.33. The van der Waals surface area contributed by atoms with E-state index in [-0.39, 0.29) is 38.4 Å². The molecule has 0 spiro atoms. The molecule has 1 saturated heterocycles. The molecule has 2 atom stereocenters. The molecule has 1 fully saturated rings. The van der Waals surface area contributed by atoms with Crippen LogP contribution in [-0.4, -0.2) is 54.4 Å². The smallest absolute Gasteiger partial charge is 0.393 e. The Kier molecular flexibility index (Phi) is 6.75. The number of halogens is 3. The molecule has 0 aliphatic carbocycles. The van der Waals surface area contributed by atoms with Gasteiger partial charge in [0.1, 0.15) is 0 Å². The average Bonchev–Trinajstić information content (AvgIpc) is 2.42.